The molecule has 2 heteroatoms. The predicted molar refractivity (Wildman–Crippen MR) is 61.5 cm³/mol. The Bertz CT molecular complexity index is 369. The number of thioether (sulfide) groups is 1. The molecule has 0 spiro atoms. The summed E-state index contributed by atoms with van der Waals surface area (Å²) in [4.78, 5) is 1.23. The molecule has 0 aliphatic carbocycles. The lowest BCUT2D eigenvalue weighted by atomic mass is 10.1. The highest BCUT2D eigenvalue weighted by Crippen LogP contribution is 2.32. The minimum absolute atomic E-state index is 0.223. The molecule has 0 radical (unpaired) electrons. The fraction of sp³-hybridized carbons (Fsp3) is 0.417. The summed E-state index contributed by atoms with van der Waals surface area (Å²) in [6.07, 6.45) is 0. The van der Waals surface area contributed by atoms with Crippen molar-refractivity contribution in [3.05, 3.63) is 29.3 Å². The van der Waals surface area contributed by atoms with Gasteiger partial charge in [-0.05, 0) is 30.7 Å². The van der Waals surface area contributed by atoms with Crippen LogP contribution in [0.25, 0.3) is 0 Å². The van der Waals surface area contributed by atoms with Crippen LogP contribution in [0, 0.1) is 18.3 Å². The third-order valence-corrected chi connectivity index (χ3v) is 2.84. The quantitative estimate of drug-likeness (QED) is 0.652. The molecular formula is C12H15NS. The monoisotopic (exact) mass is 205 g/mol. The van der Waals surface area contributed by atoms with Gasteiger partial charge < -0.3 is 0 Å². The molecule has 14 heavy (non-hydrogen) atoms. The molecule has 0 aliphatic heterocycles. The Morgan fingerprint density at radius 3 is 2.36 bits per heavy atom. The smallest absolute Gasteiger partial charge is 0.0994 e. The van der Waals surface area contributed by atoms with Gasteiger partial charge in [0.05, 0.1) is 11.6 Å². The summed E-state index contributed by atoms with van der Waals surface area (Å²) in [6.45, 7) is 8.53. The lowest BCUT2D eigenvalue weighted by Gasteiger charge is -2.17. The third kappa shape index (κ3) is 3.08. The molecule has 0 N–H and O–H groups in total. The van der Waals surface area contributed by atoms with Crippen molar-refractivity contribution in [2.75, 3.05) is 0 Å². The van der Waals surface area contributed by atoms with Crippen molar-refractivity contribution < 1.29 is 0 Å². The summed E-state index contributed by atoms with van der Waals surface area (Å²) in [5, 5.41) is 8.79. The molecule has 74 valence electrons. The third-order valence-electron chi connectivity index (χ3n) is 1.74. The summed E-state index contributed by atoms with van der Waals surface area (Å²) < 4.78 is 0.223. The first kappa shape index (κ1) is 11.1. The van der Waals surface area contributed by atoms with Gasteiger partial charge in [-0.15, -0.1) is 11.8 Å². The molecule has 1 nitrogen and oxygen atoms in total. The van der Waals surface area contributed by atoms with Crippen LogP contribution < -0.4 is 0 Å². The molecule has 0 bridgehead atoms. The number of aryl methyl sites for hydroxylation is 1. The van der Waals surface area contributed by atoms with Gasteiger partial charge in [-0.2, -0.15) is 5.26 Å². The zero-order valence-corrected chi connectivity index (χ0v) is 9.90. The molecular weight excluding hydrogens is 190 g/mol. The number of hydrogen-bond donors (Lipinski definition) is 0. The zero-order valence-electron chi connectivity index (χ0n) is 9.09. The predicted octanol–water partition coefficient (Wildman–Crippen LogP) is 3.76. The lowest BCUT2D eigenvalue weighted by Crippen LogP contribution is -2.06. The number of nitriles is 1. The standard InChI is InChI=1S/C12H15NS/c1-9-7-11(14-12(2,3)4)6-5-10(9)8-13/h5-7H,1-4H3. The van der Waals surface area contributed by atoms with Crippen molar-refractivity contribution >= 4 is 11.8 Å². The van der Waals surface area contributed by atoms with Gasteiger partial charge in [-0.1, -0.05) is 20.8 Å². The Morgan fingerprint density at radius 2 is 1.93 bits per heavy atom. The van der Waals surface area contributed by atoms with Crippen LogP contribution in [0.5, 0.6) is 0 Å². The van der Waals surface area contributed by atoms with Crippen molar-refractivity contribution in [1.29, 1.82) is 5.26 Å². The number of rotatable bonds is 1. The normalized spacial score (nSPS) is 11.1. The summed E-state index contributed by atoms with van der Waals surface area (Å²) in [7, 11) is 0. The van der Waals surface area contributed by atoms with E-state index >= 15 is 0 Å². The second-order valence-corrected chi connectivity index (χ2v) is 6.20. The maximum absolute atomic E-state index is 8.79. The Labute approximate surface area is 90.1 Å². The van der Waals surface area contributed by atoms with Gasteiger partial charge in [0.1, 0.15) is 0 Å². The summed E-state index contributed by atoms with van der Waals surface area (Å²) in [5.41, 5.74) is 1.82. The molecule has 0 amide bonds. The minimum Gasteiger partial charge on any atom is -0.192 e. The molecule has 0 aromatic heterocycles. The van der Waals surface area contributed by atoms with E-state index in [9.17, 15) is 0 Å². The molecule has 1 rings (SSSR count). The van der Waals surface area contributed by atoms with Crippen molar-refractivity contribution in [2.45, 2.75) is 37.3 Å². The van der Waals surface area contributed by atoms with E-state index < -0.39 is 0 Å². The van der Waals surface area contributed by atoms with Crippen LogP contribution in [-0.4, -0.2) is 4.75 Å². The van der Waals surface area contributed by atoms with Crippen LogP contribution in [0.3, 0.4) is 0 Å². The zero-order chi connectivity index (χ0) is 10.8. The molecule has 1 aromatic carbocycles. The van der Waals surface area contributed by atoms with E-state index in [-0.39, 0.29) is 4.75 Å². The number of hydrogen-bond acceptors (Lipinski definition) is 2. The van der Waals surface area contributed by atoms with E-state index in [0.29, 0.717) is 0 Å². The van der Waals surface area contributed by atoms with Gasteiger partial charge in [0.25, 0.3) is 0 Å². The van der Waals surface area contributed by atoms with Gasteiger partial charge in [0.15, 0.2) is 0 Å². The second kappa shape index (κ2) is 4.06. The van der Waals surface area contributed by atoms with E-state index in [1.165, 1.54) is 4.90 Å². The van der Waals surface area contributed by atoms with Crippen LogP contribution in [0.2, 0.25) is 0 Å². The summed E-state index contributed by atoms with van der Waals surface area (Å²) >= 11 is 1.82. The molecule has 0 saturated carbocycles. The average molecular weight is 205 g/mol. The van der Waals surface area contributed by atoms with Gasteiger partial charge in [-0.25, -0.2) is 0 Å². The minimum atomic E-state index is 0.223. The van der Waals surface area contributed by atoms with E-state index in [2.05, 4.69) is 32.9 Å². The van der Waals surface area contributed by atoms with Crippen molar-refractivity contribution in [2.24, 2.45) is 0 Å². The van der Waals surface area contributed by atoms with Gasteiger partial charge in [-0.3, -0.25) is 0 Å². The number of nitrogens with zero attached hydrogens (tertiary/aromatic N) is 1. The fourth-order valence-electron chi connectivity index (χ4n) is 1.18. The maximum Gasteiger partial charge on any atom is 0.0994 e. The van der Waals surface area contributed by atoms with Crippen LogP contribution in [0.15, 0.2) is 23.1 Å². The van der Waals surface area contributed by atoms with Crippen LogP contribution >= 0.6 is 11.8 Å². The summed E-state index contributed by atoms with van der Waals surface area (Å²) in [5.74, 6) is 0. The average Bonchev–Trinajstić information content (AvgIpc) is 2.01. The van der Waals surface area contributed by atoms with E-state index in [0.717, 1.165) is 11.1 Å². The van der Waals surface area contributed by atoms with Crippen molar-refractivity contribution in [3.63, 3.8) is 0 Å². The number of benzene rings is 1. The molecule has 0 aliphatic rings. The Hall–Kier alpha value is -0.940. The van der Waals surface area contributed by atoms with E-state index in [4.69, 9.17) is 5.26 Å². The van der Waals surface area contributed by atoms with Gasteiger partial charge in [0.2, 0.25) is 0 Å². The molecule has 0 unspecified atom stereocenters. The molecule has 1 aromatic rings. The molecule has 0 saturated heterocycles. The van der Waals surface area contributed by atoms with Crippen LogP contribution in [0.1, 0.15) is 31.9 Å². The first-order valence-electron chi connectivity index (χ1n) is 4.62. The van der Waals surface area contributed by atoms with Crippen LogP contribution in [0.4, 0.5) is 0 Å². The Morgan fingerprint density at radius 1 is 1.29 bits per heavy atom. The van der Waals surface area contributed by atoms with E-state index in [1.807, 2.05) is 30.8 Å². The Kier molecular flexibility index (Phi) is 3.23. The fourth-order valence-corrected chi connectivity index (χ4v) is 2.26. The first-order chi connectivity index (χ1) is 6.42. The second-order valence-electron chi connectivity index (χ2n) is 4.30. The highest BCUT2D eigenvalue weighted by atomic mass is 32.2. The highest BCUT2D eigenvalue weighted by Gasteiger charge is 2.12. The molecule has 0 fully saturated rings. The topological polar surface area (TPSA) is 23.8 Å². The van der Waals surface area contributed by atoms with Gasteiger partial charge in [0, 0.05) is 9.64 Å². The maximum atomic E-state index is 8.79. The lowest BCUT2D eigenvalue weighted by molar-refractivity contribution is 0.803. The van der Waals surface area contributed by atoms with Crippen LogP contribution in [-0.2, 0) is 0 Å². The highest BCUT2D eigenvalue weighted by molar-refractivity contribution is 8.00. The van der Waals surface area contributed by atoms with Crippen molar-refractivity contribution in [3.8, 4) is 6.07 Å². The molecule has 0 atom stereocenters. The largest absolute Gasteiger partial charge is 0.192 e. The Balaban J connectivity index is 2.94. The van der Waals surface area contributed by atoms with Gasteiger partial charge >= 0.3 is 0 Å². The van der Waals surface area contributed by atoms with Crippen molar-refractivity contribution in [1.82, 2.24) is 0 Å². The molecule has 0 heterocycles. The first-order valence-corrected chi connectivity index (χ1v) is 5.44. The summed E-state index contributed by atoms with van der Waals surface area (Å²) in [6, 6.07) is 8.16. The SMILES string of the molecule is Cc1cc(SC(C)(C)C)ccc1C#N. The van der Waals surface area contributed by atoms with E-state index in [1.54, 1.807) is 0 Å².